The van der Waals surface area contributed by atoms with Crippen molar-refractivity contribution in [1.82, 2.24) is 0 Å². The molecule has 3 aromatic carbocycles. The molecule has 0 atom stereocenters. The molecule has 0 amide bonds. The molecular weight excluding hydrogens is 324 g/mol. The Labute approximate surface area is 151 Å². The topological polar surface area (TPSA) is 18.5 Å². The Hall–Kier alpha value is -2.46. The molecule has 25 heavy (non-hydrogen) atoms. The van der Waals surface area contributed by atoms with E-state index in [1.807, 2.05) is 23.9 Å². The van der Waals surface area contributed by atoms with E-state index < -0.39 is 15.2 Å². The molecule has 3 rings (SSSR count). The van der Waals surface area contributed by atoms with Gasteiger partial charge in [0.15, 0.2) is 0 Å². The van der Waals surface area contributed by atoms with Crippen LogP contribution in [0.1, 0.15) is 16.7 Å². The molecule has 0 N–H and O–H groups in total. The van der Waals surface area contributed by atoms with Crippen molar-refractivity contribution in [2.45, 2.75) is 5.41 Å². The lowest BCUT2D eigenvalue weighted by Crippen LogP contribution is -2.35. The second-order valence-electron chi connectivity index (χ2n) is 5.84. The highest BCUT2D eigenvalue weighted by Crippen LogP contribution is 2.39. The molecule has 0 fully saturated rings. The monoisotopic (exact) mass is 346 g/mol. The Bertz CT molecular complexity index is 676. The van der Waals surface area contributed by atoms with Gasteiger partial charge in [0.05, 0.1) is 12.0 Å². The van der Waals surface area contributed by atoms with Crippen molar-refractivity contribution in [3.63, 3.8) is 0 Å². The molecule has 2 nitrogen and oxygen atoms in total. The highest BCUT2D eigenvalue weighted by molar-refractivity contribution is 6.33. The smallest absolute Gasteiger partial charge is 0.231 e. The first-order valence-electron chi connectivity index (χ1n) is 8.40. The fourth-order valence-corrected chi connectivity index (χ4v) is 3.42. The summed E-state index contributed by atoms with van der Waals surface area (Å²) in [5.41, 5.74) is 4.91. The largest absolute Gasteiger partial charge is 0.289 e. The zero-order valence-electron chi connectivity index (χ0n) is 14.2. The lowest BCUT2D eigenvalue weighted by Gasteiger charge is -2.35. The number of hydrogen-bond donors (Lipinski definition) is 0. The van der Waals surface area contributed by atoms with Gasteiger partial charge in [-0.25, -0.2) is 4.89 Å². The van der Waals surface area contributed by atoms with Crippen LogP contribution in [-0.4, -0.2) is 16.4 Å². The van der Waals surface area contributed by atoms with E-state index in [1.54, 1.807) is 0 Å². The molecule has 126 valence electrons. The van der Waals surface area contributed by atoms with E-state index in [1.165, 1.54) is 16.7 Å². The van der Waals surface area contributed by atoms with Crippen LogP contribution < -0.4 is 0 Å². The van der Waals surface area contributed by atoms with Gasteiger partial charge in [0, 0.05) is 0 Å². The Kier molecular flexibility index (Phi) is 5.96. The van der Waals surface area contributed by atoms with E-state index in [9.17, 15) is 0 Å². The normalized spacial score (nSPS) is 11.7. The second-order valence-corrected chi connectivity index (χ2v) is 6.99. The van der Waals surface area contributed by atoms with Crippen molar-refractivity contribution in [3.05, 3.63) is 120 Å². The van der Waals surface area contributed by atoms with Crippen LogP contribution in [0, 0.1) is 0 Å². The average molecular weight is 347 g/mol. The fourth-order valence-electron chi connectivity index (χ4n) is 3.14. The minimum Gasteiger partial charge on any atom is -0.289 e. The van der Waals surface area contributed by atoms with Gasteiger partial charge in [-0.15, -0.1) is 6.58 Å². The van der Waals surface area contributed by atoms with Crippen molar-refractivity contribution in [1.29, 1.82) is 0 Å². The van der Waals surface area contributed by atoms with Gasteiger partial charge in [0.1, 0.15) is 0 Å². The summed E-state index contributed by atoms with van der Waals surface area (Å²) in [4.78, 5) is 5.69. The van der Waals surface area contributed by atoms with Gasteiger partial charge in [-0.2, -0.15) is 0 Å². The third kappa shape index (κ3) is 3.80. The standard InChI is InChI=1S/C22H22O2Si/c1-2-25-24-23-18-22(19-12-6-3-7-13-19,20-14-8-4-9-15-20)21-16-10-5-11-17-21/h2-17H,1,18,25H2. The molecule has 3 aromatic rings. The third-order valence-electron chi connectivity index (χ3n) is 4.34. The SMILES string of the molecule is C=C[SiH2]OOCC(c1ccccc1)(c1ccccc1)c1ccccc1. The quantitative estimate of drug-likeness (QED) is 0.200. The molecule has 0 radical (unpaired) electrons. The molecule has 3 heteroatoms. The first-order valence-corrected chi connectivity index (χ1v) is 9.79. The maximum atomic E-state index is 5.69. The maximum Gasteiger partial charge on any atom is 0.231 e. The number of benzene rings is 3. The van der Waals surface area contributed by atoms with Gasteiger partial charge in [-0.3, -0.25) is 4.58 Å². The van der Waals surface area contributed by atoms with Gasteiger partial charge in [0.25, 0.3) is 0 Å². The van der Waals surface area contributed by atoms with Crippen molar-refractivity contribution < 1.29 is 9.46 Å². The van der Waals surface area contributed by atoms with Crippen LogP contribution >= 0.6 is 0 Å². The molecule has 0 unspecified atom stereocenters. The van der Waals surface area contributed by atoms with Crippen LogP contribution in [0.4, 0.5) is 0 Å². The lowest BCUT2D eigenvalue weighted by atomic mass is 9.70. The Morgan fingerprint density at radius 3 is 1.48 bits per heavy atom. The summed E-state index contributed by atoms with van der Waals surface area (Å²) in [5, 5.41) is 0. The molecule has 0 saturated carbocycles. The van der Waals surface area contributed by atoms with Gasteiger partial charge >= 0.3 is 0 Å². The minimum absolute atomic E-state index is 0.409. The fraction of sp³-hybridized carbons (Fsp3) is 0.0909. The van der Waals surface area contributed by atoms with E-state index in [0.29, 0.717) is 6.61 Å². The molecule has 0 heterocycles. The number of hydrogen-bond acceptors (Lipinski definition) is 2. The van der Waals surface area contributed by atoms with Crippen LogP contribution in [0.5, 0.6) is 0 Å². The summed E-state index contributed by atoms with van der Waals surface area (Å²) in [7, 11) is -0.845. The van der Waals surface area contributed by atoms with Crippen LogP contribution in [0.25, 0.3) is 0 Å². The predicted octanol–water partition coefficient (Wildman–Crippen LogP) is 4.20. The predicted molar refractivity (Wildman–Crippen MR) is 105 cm³/mol. The maximum absolute atomic E-state index is 5.69. The molecule has 0 saturated heterocycles. The Morgan fingerprint density at radius 2 is 1.12 bits per heavy atom. The highest BCUT2D eigenvalue weighted by atomic mass is 28.2. The molecule has 0 aromatic heterocycles. The molecule has 0 spiro atoms. The van der Waals surface area contributed by atoms with Crippen molar-refractivity contribution in [3.8, 4) is 0 Å². The zero-order chi connectivity index (χ0) is 17.4. The first kappa shape index (κ1) is 17.4. The van der Waals surface area contributed by atoms with E-state index in [2.05, 4.69) is 79.4 Å². The van der Waals surface area contributed by atoms with E-state index in [0.717, 1.165) is 0 Å². The van der Waals surface area contributed by atoms with Crippen molar-refractivity contribution >= 4 is 9.76 Å². The summed E-state index contributed by atoms with van der Waals surface area (Å²) in [6, 6.07) is 31.4. The summed E-state index contributed by atoms with van der Waals surface area (Å²) < 4.78 is 5.42. The second kappa shape index (κ2) is 8.58. The molecular formula is C22H22O2Si. The lowest BCUT2D eigenvalue weighted by molar-refractivity contribution is -0.214. The van der Waals surface area contributed by atoms with Crippen LogP contribution in [-0.2, 0) is 14.9 Å². The van der Waals surface area contributed by atoms with Gasteiger partial charge in [-0.05, 0) is 16.7 Å². The van der Waals surface area contributed by atoms with Crippen molar-refractivity contribution in [2.24, 2.45) is 0 Å². The summed E-state index contributed by atoms with van der Waals surface area (Å²) >= 11 is 0. The highest BCUT2D eigenvalue weighted by Gasteiger charge is 2.37. The summed E-state index contributed by atoms with van der Waals surface area (Å²) in [6.07, 6.45) is 0. The first-order chi connectivity index (χ1) is 12.4. The number of rotatable bonds is 8. The molecule has 0 bridgehead atoms. The molecule has 0 aliphatic heterocycles. The van der Waals surface area contributed by atoms with E-state index >= 15 is 0 Å². The van der Waals surface area contributed by atoms with Crippen LogP contribution in [0.3, 0.4) is 0 Å². The summed E-state index contributed by atoms with van der Waals surface area (Å²) in [6.45, 7) is 4.13. The van der Waals surface area contributed by atoms with Crippen molar-refractivity contribution in [2.75, 3.05) is 6.61 Å². The minimum atomic E-state index is -0.845. The molecule has 0 aliphatic rings. The van der Waals surface area contributed by atoms with Crippen LogP contribution in [0.15, 0.2) is 103 Å². The Morgan fingerprint density at radius 1 is 0.720 bits per heavy atom. The van der Waals surface area contributed by atoms with E-state index in [-0.39, 0.29) is 0 Å². The van der Waals surface area contributed by atoms with Crippen LogP contribution in [0.2, 0.25) is 0 Å². The van der Waals surface area contributed by atoms with Gasteiger partial charge in [0.2, 0.25) is 9.76 Å². The average Bonchev–Trinajstić information content (AvgIpc) is 2.70. The van der Waals surface area contributed by atoms with E-state index in [4.69, 9.17) is 9.46 Å². The Balaban J connectivity index is 2.15. The third-order valence-corrected chi connectivity index (χ3v) is 4.88. The zero-order valence-corrected chi connectivity index (χ0v) is 15.6. The molecule has 0 aliphatic carbocycles. The van der Waals surface area contributed by atoms with Gasteiger partial charge < -0.3 is 0 Å². The van der Waals surface area contributed by atoms with Gasteiger partial charge in [-0.1, -0.05) is 96.7 Å². The summed E-state index contributed by atoms with van der Waals surface area (Å²) in [5.74, 6) is 0.